The van der Waals surface area contributed by atoms with Crippen molar-refractivity contribution < 1.29 is 67.6 Å². The third kappa shape index (κ3) is 5.59. The van der Waals surface area contributed by atoms with Gasteiger partial charge in [0.25, 0.3) is 5.91 Å². The molecule has 0 bridgehead atoms. The molecule has 1 atom stereocenters. The number of carbonyl (C=O) groups excluding carboxylic acids is 1. The van der Waals surface area contributed by atoms with Crippen molar-refractivity contribution in [2.45, 2.75) is 26.1 Å². The molecule has 0 aromatic heterocycles. The maximum atomic E-state index is 13.0. The zero-order valence-corrected chi connectivity index (χ0v) is 16.9. The van der Waals surface area contributed by atoms with Gasteiger partial charge in [-0.2, -0.15) is 18.4 Å². The Balaban J connectivity index is 0.00000338. The SMILES string of the molecule is CC1(C)CN(CC(=O)O)C(=O)C1Oc1ccc(C#N)c(C(F)(F)F)c1.[Na+].[OH-]. The Labute approximate surface area is 175 Å². The maximum Gasteiger partial charge on any atom is 1.00 e. The number of hydrogen-bond donors (Lipinski definition) is 1. The molecule has 1 unspecified atom stereocenters. The molecule has 0 aliphatic carbocycles. The first-order valence-corrected chi connectivity index (χ1v) is 7.24. The quantitative estimate of drug-likeness (QED) is 0.659. The predicted molar refractivity (Wildman–Crippen MR) is 80.5 cm³/mol. The minimum Gasteiger partial charge on any atom is -0.870 e. The molecular formula is C16H16F3N2NaO5. The van der Waals surface area contributed by atoms with Crippen LogP contribution in [-0.4, -0.2) is 46.6 Å². The third-order valence-corrected chi connectivity index (χ3v) is 3.84. The molecule has 1 aliphatic heterocycles. The number of nitrogens with zero attached hydrogens (tertiary/aromatic N) is 2. The van der Waals surface area contributed by atoms with Gasteiger partial charge in [-0.15, -0.1) is 0 Å². The van der Waals surface area contributed by atoms with E-state index in [-0.39, 0.29) is 47.3 Å². The van der Waals surface area contributed by atoms with Gasteiger partial charge in [-0.05, 0) is 18.2 Å². The summed E-state index contributed by atoms with van der Waals surface area (Å²) in [5, 5.41) is 17.6. The van der Waals surface area contributed by atoms with Gasteiger partial charge in [-0.3, -0.25) is 9.59 Å². The summed E-state index contributed by atoms with van der Waals surface area (Å²) in [6, 6.07) is 4.28. The van der Waals surface area contributed by atoms with Crippen molar-refractivity contribution in [3.63, 3.8) is 0 Å². The van der Waals surface area contributed by atoms with Gasteiger partial charge in [0.1, 0.15) is 12.3 Å². The first-order chi connectivity index (χ1) is 11.5. The number of amides is 1. The zero-order chi connectivity index (χ0) is 19.0. The van der Waals surface area contributed by atoms with Crippen LogP contribution >= 0.6 is 0 Å². The molecule has 1 aliphatic rings. The summed E-state index contributed by atoms with van der Waals surface area (Å²) in [4.78, 5) is 24.2. The molecule has 2 N–H and O–H groups in total. The average Bonchev–Trinajstić information content (AvgIpc) is 2.68. The molecular weight excluding hydrogens is 380 g/mol. The smallest absolute Gasteiger partial charge is 0.870 e. The monoisotopic (exact) mass is 396 g/mol. The van der Waals surface area contributed by atoms with E-state index in [1.165, 1.54) is 12.1 Å². The van der Waals surface area contributed by atoms with Crippen LogP contribution in [0.3, 0.4) is 0 Å². The topological polar surface area (TPSA) is 121 Å². The third-order valence-electron chi connectivity index (χ3n) is 3.84. The first-order valence-electron chi connectivity index (χ1n) is 7.24. The van der Waals surface area contributed by atoms with E-state index >= 15 is 0 Å². The summed E-state index contributed by atoms with van der Waals surface area (Å²) < 4.78 is 44.5. The fourth-order valence-corrected chi connectivity index (χ4v) is 2.72. The summed E-state index contributed by atoms with van der Waals surface area (Å²) in [6.07, 6.45) is -5.87. The fourth-order valence-electron chi connectivity index (χ4n) is 2.72. The van der Waals surface area contributed by atoms with Gasteiger partial charge in [0.2, 0.25) is 0 Å². The van der Waals surface area contributed by atoms with Crippen LogP contribution in [0.4, 0.5) is 13.2 Å². The van der Waals surface area contributed by atoms with Gasteiger partial charge >= 0.3 is 41.7 Å². The van der Waals surface area contributed by atoms with Gasteiger partial charge in [0.15, 0.2) is 6.10 Å². The first kappa shape index (κ1) is 25.2. The summed E-state index contributed by atoms with van der Waals surface area (Å²) in [5.41, 5.74) is -2.50. The van der Waals surface area contributed by atoms with Gasteiger partial charge in [0, 0.05) is 12.0 Å². The molecule has 0 radical (unpaired) electrons. The number of benzene rings is 1. The van der Waals surface area contributed by atoms with Crippen LogP contribution in [0, 0.1) is 16.7 Å². The summed E-state index contributed by atoms with van der Waals surface area (Å²) >= 11 is 0. The van der Waals surface area contributed by atoms with Crippen molar-refractivity contribution in [3.8, 4) is 11.8 Å². The molecule has 142 valence electrons. The minimum absolute atomic E-state index is 0. The fraction of sp³-hybridized carbons (Fsp3) is 0.438. The molecule has 7 nitrogen and oxygen atoms in total. The number of carbonyl (C=O) groups is 2. The van der Waals surface area contributed by atoms with E-state index in [1.807, 2.05) is 0 Å². The largest absolute Gasteiger partial charge is 1.00 e. The van der Waals surface area contributed by atoms with Crippen LogP contribution < -0.4 is 34.3 Å². The molecule has 1 aromatic rings. The average molecular weight is 396 g/mol. The second kappa shape index (κ2) is 8.93. The Morgan fingerprint density at radius 3 is 2.52 bits per heavy atom. The zero-order valence-electron chi connectivity index (χ0n) is 14.9. The van der Waals surface area contributed by atoms with E-state index < -0.39 is 47.2 Å². The molecule has 0 saturated carbocycles. The molecule has 1 heterocycles. The van der Waals surface area contributed by atoms with E-state index in [0.717, 1.165) is 11.0 Å². The minimum atomic E-state index is -4.74. The Kier molecular flexibility index (Phi) is 8.33. The van der Waals surface area contributed by atoms with Crippen LogP contribution in [-0.2, 0) is 15.8 Å². The predicted octanol–water partition coefficient (Wildman–Crippen LogP) is -0.895. The number of halogens is 3. The van der Waals surface area contributed by atoms with Crippen molar-refractivity contribution in [1.29, 1.82) is 5.26 Å². The number of nitriles is 1. The van der Waals surface area contributed by atoms with Gasteiger partial charge in [-0.25, -0.2) is 0 Å². The number of hydrogen-bond acceptors (Lipinski definition) is 5. The number of aliphatic carboxylic acids is 1. The van der Waals surface area contributed by atoms with Crippen molar-refractivity contribution in [1.82, 2.24) is 4.90 Å². The van der Waals surface area contributed by atoms with Crippen LogP contribution in [0.25, 0.3) is 0 Å². The van der Waals surface area contributed by atoms with Crippen molar-refractivity contribution >= 4 is 11.9 Å². The van der Waals surface area contributed by atoms with Crippen molar-refractivity contribution in [2.24, 2.45) is 5.41 Å². The molecule has 1 fully saturated rings. The molecule has 2 rings (SSSR count). The molecule has 1 aromatic carbocycles. The Hall–Kier alpha value is -1.80. The van der Waals surface area contributed by atoms with Gasteiger partial charge in [0.05, 0.1) is 17.2 Å². The van der Waals surface area contributed by atoms with Gasteiger partial charge in [-0.1, -0.05) is 13.8 Å². The number of carboxylic acids is 1. The van der Waals surface area contributed by atoms with E-state index in [0.29, 0.717) is 6.07 Å². The van der Waals surface area contributed by atoms with Crippen LogP contribution in [0.5, 0.6) is 5.75 Å². The molecule has 27 heavy (non-hydrogen) atoms. The van der Waals surface area contributed by atoms with Crippen LogP contribution in [0.15, 0.2) is 18.2 Å². The second-order valence-corrected chi connectivity index (χ2v) is 6.39. The van der Waals surface area contributed by atoms with E-state index in [1.54, 1.807) is 13.8 Å². The number of likely N-dealkylation sites (tertiary alicyclic amines) is 1. The van der Waals surface area contributed by atoms with E-state index in [4.69, 9.17) is 15.1 Å². The summed E-state index contributed by atoms with van der Waals surface area (Å²) in [7, 11) is 0. The molecule has 11 heteroatoms. The van der Waals surface area contributed by atoms with E-state index in [2.05, 4.69) is 0 Å². The second-order valence-electron chi connectivity index (χ2n) is 6.39. The van der Waals surface area contributed by atoms with E-state index in [9.17, 15) is 22.8 Å². The Morgan fingerprint density at radius 2 is 2.04 bits per heavy atom. The standard InChI is InChI=1S/C16H15F3N2O4.Na.H2O/c1-15(2)8-21(7-12(22)23)14(24)13(15)25-10-4-3-9(6-20)11(5-10)16(17,18)19;;/h3-5,13H,7-8H2,1-2H3,(H,22,23);;1H2/q;+1;/p-1. The Morgan fingerprint density at radius 1 is 1.44 bits per heavy atom. The normalized spacial score (nSPS) is 18.1. The molecule has 1 amide bonds. The summed E-state index contributed by atoms with van der Waals surface area (Å²) in [5.74, 6) is -2.01. The summed E-state index contributed by atoms with van der Waals surface area (Å²) in [6.45, 7) is 2.91. The number of carboxylic acid groups (broad SMARTS) is 1. The Bertz CT molecular complexity index is 761. The number of rotatable bonds is 4. The maximum absolute atomic E-state index is 13.0. The molecule has 0 spiro atoms. The van der Waals surface area contributed by atoms with Crippen LogP contribution in [0.2, 0.25) is 0 Å². The van der Waals surface area contributed by atoms with Crippen molar-refractivity contribution in [3.05, 3.63) is 29.3 Å². The number of ether oxygens (including phenoxy) is 1. The van der Waals surface area contributed by atoms with Crippen molar-refractivity contribution in [2.75, 3.05) is 13.1 Å². The van der Waals surface area contributed by atoms with Crippen LogP contribution in [0.1, 0.15) is 25.0 Å². The molecule has 1 saturated heterocycles. The number of alkyl halides is 3. The van der Waals surface area contributed by atoms with Gasteiger partial charge < -0.3 is 20.2 Å².